The zero-order valence-corrected chi connectivity index (χ0v) is 17.8. The fraction of sp³-hybridized carbons (Fsp3) is 0.150. The van der Waals surface area contributed by atoms with Crippen molar-refractivity contribution in [3.8, 4) is 16.9 Å². The van der Waals surface area contributed by atoms with Crippen molar-refractivity contribution in [3.63, 3.8) is 0 Å². The van der Waals surface area contributed by atoms with Gasteiger partial charge in [-0.25, -0.2) is 13.4 Å². The van der Waals surface area contributed by atoms with Crippen LogP contribution in [0, 0.1) is 6.92 Å². The normalized spacial score (nSPS) is 11.2. The third kappa shape index (κ3) is 4.63. The molecule has 0 atom stereocenters. The Kier molecular flexibility index (Phi) is 5.90. The second-order valence-corrected chi connectivity index (χ2v) is 8.92. The number of ether oxygens (including phenoxy) is 1. The lowest BCUT2D eigenvalue weighted by Gasteiger charge is -2.16. The maximum Gasteiger partial charge on any atom is 0.236 e. The summed E-state index contributed by atoms with van der Waals surface area (Å²) in [4.78, 5) is 4.14. The van der Waals surface area contributed by atoms with Crippen molar-refractivity contribution in [2.45, 2.75) is 12.7 Å². The number of nitrogens with two attached hydrogens (primary N) is 1. The largest absolute Gasteiger partial charge is 0.496 e. The van der Waals surface area contributed by atoms with E-state index in [1.165, 1.54) is 7.11 Å². The summed E-state index contributed by atoms with van der Waals surface area (Å²) in [7, 11) is -2.08. The van der Waals surface area contributed by atoms with Gasteiger partial charge in [0.1, 0.15) is 11.6 Å². The van der Waals surface area contributed by atoms with E-state index in [9.17, 15) is 8.42 Å². The number of pyridine rings is 1. The number of methoxy groups -OCH3 is 1. The van der Waals surface area contributed by atoms with Gasteiger partial charge in [-0.3, -0.25) is 4.72 Å². The van der Waals surface area contributed by atoms with Gasteiger partial charge >= 0.3 is 0 Å². The number of halogens is 1. The number of nitrogens with zero attached hydrogens (tertiary/aromatic N) is 1. The Bertz CT molecular complexity index is 1100. The van der Waals surface area contributed by atoms with Crippen molar-refractivity contribution in [1.29, 1.82) is 0 Å². The maximum atomic E-state index is 12.7. The number of rotatable bonds is 6. The molecule has 2 aromatic carbocycles. The van der Waals surface area contributed by atoms with Crippen molar-refractivity contribution in [2.24, 2.45) is 0 Å². The van der Waals surface area contributed by atoms with E-state index in [0.29, 0.717) is 39.5 Å². The Morgan fingerprint density at radius 2 is 1.89 bits per heavy atom. The molecule has 0 fully saturated rings. The summed E-state index contributed by atoms with van der Waals surface area (Å²) < 4.78 is 34.3. The van der Waals surface area contributed by atoms with Crippen molar-refractivity contribution >= 4 is 37.5 Å². The Morgan fingerprint density at radius 3 is 2.57 bits per heavy atom. The lowest BCUT2D eigenvalue weighted by atomic mass is 10.0. The highest BCUT2D eigenvalue weighted by molar-refractivity contribution is 9.10. The predicted octanol–water partition coefficient (Wildman–Crippen LogP) is 4.35. The molecule has 0 saturated heterocycles. The fourth-order valence-corrected chi connectivity index (χ4v) is 4.42. The van der Waals surface area contributed by atoms with Crippen LogP contribution in [0.5, 0.6) is 5.75 Å². The van der Waals surface area contributed by atoms with Crippen LogP contribution in [-0.2, 0) is 15.8 Å². The molecular weight excluding hydrogens is 442 g/mol. The molecule has 1 aromatic heterocycles. The standard InChI is InChI=1S/C20H20BrN3O3S/c1-13-18(24-28(25,26)12-14-6-4-3-5-7-14)8-15(9-19(13)27-2)17-10-16(21)11-23-20(17)22/h3-11,24H,12H2,1-2H3,(H2,22,23). The third-order valence-corrected chi connectivity index (χ3v) is 5.92. The zero-order chi connectivity index (χ0) is 20.3. The second kappa shape index (κ2) is 8.20. The average Bonchev–Trinajstić information content (AvgIpc) is 2.65. The maximum absolute atomic E-state index is 12.7. The number of nitrogen functional groups attached to an aromatic ring is 1. The van der Waals surface area contributed by atoms with E-state index in [1.54, 1.807) is 31.3 Å². The van der Waals surface area contributed by atoms with Gasteiger partial charge in [0.2, 0.25) is 10.0 Å². The number of nitrogens with one attached hydrogen (secondary N) is 1. The number of aromatic nitrogens is 1. The lowest BCUT2D eigenvalue weighted by molar-refractivity contribution is 0.412. The molecule has 3 rings (SSSR count). The zero-order valence-electron chi connectivity index (χ0n) is 15.4. The minimum absolute atomic E-state index is 0.125. The fourth-order valence-electron chi connectivity index (χ4n) is 2.84. The number of benzene rings is 2. The molecule has 28 heavy (non-hydrogen) atoms. The van der Waals surface area contributed by atoms with Crippen LogP contribution in [-0.4, -0.2) is 20.5 Å². The summed E-state index contributed by atoms with van der Waals surface area (Å²) in [5.41, 5.74) is 9.22. The first kappa shape index (κ1) is 20.2. The van der Waals surface area contributed by atoms with E-state index in [-0.39, 0.29) is 5.75 Å². The first-order valence-electron chi connectivity index (χ1n) is 8.43. The predicted molar refractivity (Wildman–Crippen MR) is 116 cm³/mol. The van der Waals surface area contributed by atoms with Crippen LogP contribution in [0.3, 0.4) is 0 Å². The van der Waals surface area contributed by atoms with Gasteiger partial charge in [-0.1, -0.05) is 30.3 Å². The molecule has 0 spiro atoms. The first-order chi connectivity index (χ1) is 13.3. The quantitative estimate of drug-likeness (QED) is 0.568. The molecule has 0 aliphatic carbocycles. The molecule has 0 aliphatic rings. The lowest BCUT2D eigenvalue weighted by Crippen LogP contribution is -2.16. The third-order valence-electron chi connectivity index (χ3n) is 4.24. The second-order valence-electron chi connectivity index (χ2n) is 6.28. The smallest absolute Gasteiger partial charge is 0.236 e. The van der Waals surface area contributed by atoms with Crippen molar-refractivity contribution in [2.75, 3.05) is 17.6 Å². The number of hydrogen-bond acceptors (Lipinski definition) is 5. The molecule has 0 bridgehead atoms. The molecule has 3 aromatic rings. The van der Waals surface area contributed by atoms with E-state index in [0.717, 1.165) is 4.47 Å². The van der Waals surface area contributed by atoms with E-state index >= 15 is 0 Å². The molecule has 0 unspecified atom stereocenters. The van der Waals surface area contributed by atoms with Crippen LogP contribution in [0.15, 0.2) is 59.2 Å². The Labute approximate surface area is 172 Å². The van der Waals surface area contributed by atoms with Gasteiger partial charge in [-0.05, 0) is 52.2 Å². The van der Waals surface area contributed by atoms with Gasteiger partial charge in [0, 0.05) is 21.8 Å². The molecule has 0 saturated carbocycles. The highest BCUT2D eigenvalue weighted by Crippen LogP contribution is 2.36. The Balaban J connectivity index is 2.02. The van der Waals surface area contributed by atoms with Crippen LogP contribution >= 0.6 is 15.9 Å². The van der Waals surface area contributed by atoms with Crippen molar-refractivity contribution < 1.29 is 13.2 Å². The van der Waals surface area contributed by atoms with Crippen LogP contribution in [0.25, 0.3) is 11.1 Å². The van der Waals surface area contributed by atoms with Gasteiger partial charge in [-0.2, -0.15) is 0 Å². The minimum atomic E-state index is -3.61. The highest BCUT2D eigenvalue weighted by atomic mass is 79.9. The van der Waals surface area contributed by atoms with E-state index in [1.807, 2.05) is 30.3 Å². The topological polar surface area (TPSA) is 94.3 Å². The molecule has 0 amide bonds. The van der Waals surface area contributed by atoms with Gasteiger partial charge in [-0.15, -0.1) is 0 Å². The molecule has 146 valence electrons. The first-order valence-corrected chi connectivity index (χ1v) is 10.9. The van der Waals surface area contributed by atoms with Crippen molar-refractivity contribution in [1.82, 2.24) is 4.98 Å². The van der Waals surface area contributed by atoms with Gasteiger partial charge in [0.25, 0.3) is 0 Å². The van der Waals surface area contributed by atoms with Gasteiger partial charge in [0.05, 0.1) is 18.6 Å². The number of anilines is 2. The summed E-state index contributed by atoms with van der Waals surface area (Å²) in [6.45, 7) is 1.80. The minimum Gasteiger partial charge on any atom is -0.496 e. The SMILES string of the molecule is COc1cc(-c2cc(Br)cnc2N)cc(NS(=O)(=O)Cc2ccccc2)c1C. The molecule has 0 aliphatic heterocycles. The summed E-state index contributed by atoms with van der Waals surface area (Å²) in [5, 5.41) is 0. The molecule has 3 N–H and O–H groups in total. The van der Waals surface area contributed by atoms with Crippen LogP contribution in [0.1, 0.15) is 11.1 Å². The number of sulfonamides is 1. The Hall–Kier alpha value is -2.58. The van der Waals surface area contributed by atoms with E-state index < -0.39 is 10.0 Å². The highest BCUT2D eigenvalue weighted by Gasteiger charge is 2.17. The van der Waals surface area contributed by atoms with Gasteiger partial charge < -0.3 is 10.5 Å². The van der Waals surface area contributed by atoms with E-state index in [2.05, 4.69) is 25.6 Å². The van der Waals surface area contributed by atoms with Crippen LogP contribution < -0.4 is 15.2 Å². The van der Waals surface area contributed by atoms with Gasteiger partial charge in [0.15, 0.2) is 0 Å². The molecular formula is C20H20BrN3O3S. The molecule has 1 heterocycles. The molecule has 8 heteroatoms. The molecule has 6 nitrogen and oxygen atoms in total. The van der Waals surface area contributed by atoms with E-state index in [4.69, 9.17) is 10.5 Å². The molecule has 0 radical (unpaired) electrons. The Morgan fingerprint density at radius 1 is 1.18 bits per heavy atom. The van der Waals surface area contributed by atoms with Crippen LogP contribution in [0.4, 0.5) is 11.5 Å². The van der Waals surface area contributed by atoms with Crippen LogP contribution in [0.2, 0.25) is 0 Å². The number of hydrogen-bond donors (Lipinski definition) is 2. The average molecular weight is 462 g/mol. The summed E-state index contributed by atoms with van der Waals surface area (Å²) in [6.07, 6.45) is 1.60. The summed E-state index contributed by atoms with van der Waals surface area (Å²) in [6, 6.07) is 14.4. The summed E-state index contributed by atoms with van der Waals surface area (Å²) >= 11 is 3.39. The van der Waals surface area contributed by atoms with Crippen molar-refractivity contribution in [3.05, 3.63) is 70.3 Å². The summed E-state index contributed by atoms with van der Waals surface area (Å²) in [5.74, 6) is 0.766. The monoisotopic (exact) mass is 461 g/mol.